The molecule has 0 heterocycles. The van der Waals surface area contributed by atoms with Crippen LogP contribution in [0.3, 0.4) is 0 Å². The van der Waals surface area contributed by atoms with E-state index < -0.39 is 0 Å². The Bertz CT molecular complexity index is 72.8. The Morgan fingerprint density at radius 1 is 1.75 bits per heavy atom. The van der Waals surface area contributed by atoms with Crippen LogP contribution in [0.4, 0.5) is 4.79 Å². The zero-order valence-electron chi connectivity index (χ0n) is 5.11. The first kappa shape index (κ1) is 8.20. The van der Waals surface area contributed by atoms with E-state index in [9.17, 15) is 4.79 Å². The summed E-state index contributed by atoms with van der Waals surface area (Å²) < 4.78 is 5.51. The number of halogens is 1. The van der Waals surface area contributed by atoms with Crippen molar-refractivity contribution in [1.29, 1.82) is 0 Å². The molecule has 0 aliphatic heterocycles. The molecule has 0 aromatic heterocycles. The third-order valence-electron chi connectivity index (χ3n) is 0.553. The molecular weight excluding hydrogens is 219 g/mol. The molecule has 0 atom stereocenters. The summed E-state index contributed by atoms with van der Waals surface area (Å²) in [6.07, 6.45) is 1.10. The molecule has 8 heavy (non-hydrogen) atoms. The van der Waals surface area contributed by atoms with Crippen LogP contribution in [0.5, 0.6) is 0 Å². The molecule has 0 spiro atoms. The predicted molar refractivity (Wildman–Crippen MR) is 27.6 cm³/mol. The van der Waals surface area contributed by atoms with E-state index in [1.165, 1.54) is 7.11 Å². The van der Waals surface area contributed by atoms with Crippen LogP contribution in [0.25, 0.3) is 0 Å². The molecule has 0 aromatic carbocycles. The molecule has 0 bridgehead atoms. The summed E-state index contributed by atoms with van der Waals surface area (Å²) in [5.74, 6) is 0. The van der Waals surface area contributed by atoms with Crippen molar-refractivity contribution in [3.05, 3.63) is 0 Å². The number of methoxy groups -OCH3 is 1. The first-order valence-electron chi connectivity index (χ1n) is 2.48. The van der Waals surface area contributed by atoms with Crippen LogP contribution in [0, 0.1) is 0 Å². The topological polar surface area (TPSA) is 26.3 Å². The number of hydrogen-bond donors (Lipinski definition) is 0. The molecule has 0 unspecified atom stereocenters. The number of hydrogen-bond acceptors (Lipinski definition) is 2. The molecule has 0 N–H and O–H groups in total. The summed E-state index contributed by atoms with van der Waals surface area (Å²) in [7, 11) is 1.44. The molecule has 50 valence electrons. The summed E-state index contributed by atoms with van der Waals surface area (Å²) in [5, 5.41) is 0. The van der Waals surface area contributed by atoms with E-state index in [2.05, 4.69) is 11.7 Å². The molecular formula is C5H10IO2-. The second-order valence-electron chi connectivity index (χ2n) is 1.26. The van der Waals surface area contributed by atoms with E-state index in [-0.39, 0.29) is 25.2 Å². The summed E-state index contributed by atoms with van der Waals surface area (Å²) in [4.78, 5) is 10.4. The van der Waals surface area contributed by atoms with Crippen molar-refractivity contribution in [3.63, 3.8) is 0 Å². The molecule has 0 aliphatic carbocycles. The van der Waals surface area contributed by atoms with E-state index >= 15 is 0 Å². The third-order valence-corrected chi connectivity index (χ3v) is 3.23. The Hall–Kier alpha value is 0.200. The Kier molecular flexibility index (Phi) is 5.47. The maximum absolute atomic E-state index is 10.4. The van der Waals surface area contributed by atoms with Crippen molar-refractivity contribution in [2.45, 2.75) is 13.3 Å². The van der Waals surface area contributed by atoms with Crippen LogP contribution in [0.1, 0.15) is 13.3 Å². The van der Waals surface area contributed by atoms with Crippen molar-refractivity contribution in [3.8, 4) is 0 Å². The van der Waals surface area contributed by atoms with Crippen LogP contribution < -0.4 is 21.2 Å². The first-order chi connectivity index (χ1) is 3.81. The van der Waals surface area contributed by atoms with Gasteiger partial charge in [0.25, 0.3) is 0 Å². The number of ether oxygens (including phenoxy) is 1. The normalized spacial score (nSPS) is 9.25. The number of rotatable bonds is 3. The SMILES string of the molecule is CCC[I-]C(=O)OC. The quantitative estimate of drug-likeness (QED) is 0.326. The third kappa shape index (κ3) is 4.36. The van der Waals surface area contributed by atoms with Crippen LogP contribution in [0.2, 0.25) is 0 Å². The molecule has 2 nitrogen and oxygen atoms in total. The summed E-state index contributed by atoms with van der Waals surface area (Å²) >= 11 is -0.299. The van der Waals surface area contributed by atoms with E-state index in [0.717, 1.165) is 10.8 Å². The van der Waals surface area contributed by atoms with Gasteiger partial charge in [-0.15, -0.1) is 0 Å². The molecule has 0 amide bonds. The fourth-order valence-electron chi connectivity index (χ4n) is 0.226. The fourth-order valence-corrected chi connectivity index (χ4v) is 1.52. The Morgan fingerprint density at radius 3 is 2.75 bits per heavy atom. The number of alkyl halides is 1. The predicted octanol–water partition coefficient (Wildman–Crippen LogP) is -1.75. The van der Waals surface area contributed by atoms with Crippen LogP contribution >= 0.6 is 0 Å². The van der Waals surface area contributed by atoms with Gasteiger partial charge in [0.1, 0.15) is 0 Å². The molecule has 3 heteroatoms. The van der Waals surface area contributed by atoms with Gasteiger partial charge < -0.3 is 0 Å². The summed E-state index contributed by atoms with van der Waals surface area (Å²) in [6.45, 7) is 2.07. The van der Waals surface area contributed by atoms with Gasteiger partial charge in [0.15, 0.2) is 0 Å². The summed E-state index contributed by atoms with van der Waals surface area (Å²) in [5.41, 5.74) is 0. The second kappa shape index (κ2) is 5.34. The van der Waals surface area contributed by atoms with E-state index in [0.29, 0.717) is 0 Å². The van der Waals surface area contributed by atoms with Gasteiger partial charge in [-0.2, -0.15) is 0 Å². The average Bonchev–Trinajstić information content (AvgIpc) is 1.83. The molecule has 0 saturated carbocycles. The molecule has 0 aliphatic rings. The Labute approximate surface area is 59.9 Å². The van der Waals surface area contributed by atoms with Gasteiger partial charge >= 0.3 is 59.6 Å². The minimum atomic E-state index is -0.299. The molecule has 0 aromatic rings. The zero-order valence-corrected chi connectivity index (χ0v) is 7.27. The van der Waals surface area contributed by atoms with Crippen molar-refractivity contribution < 1.29 is 30.7 Å². The second-order valence-corrected chi connectivity index (χ2v) is 3.99. The molecule has 0 fully saturated rings. The van der Waals surface area contributed by atoms with Crippen molar-refractivity contribution >= 4 is 3.98 Å². The zero-order chi connectivity index (χ0) is 6.41. The average molecular weight is 229 g/mol. The maximum atomic E-state index is 10.4. The van der Waals surface area contributed by atoms with E-state index in [4.69, 9.17) is 0 Å². The molecule has 0 radical (unpaired) electrons. The van der Waals surface area contributed by atoms with E-state index in [1.807, 2.05) is 0 Å². The van der Waals surface area contributed by atoms with Crippen LogP contribution in [-0.4, -0.2) is 15.5 Å². The molecule has 0 rings (SSSR count). The Balaban J connectivity index is 2.99. The molecule has 0 saturated heterocycles. The number of carbonyl (C=O) groups excluding carboxylic acids is 1. The van der Waals surface area contributed by atoms with Crippen molar-refractivity contribution in [2.24, 2.45) is 0 Å². The van der Waals surface area contributed by atoms with Crippen molar-refractivity contribution in [2.75, 3.05) is 11.5 Å². The monoisotopic (exact) mass is 229 g/mol. The van der Waals surface area contributed by atoms with Gasteiger partial charge in [0, 0.05) is 0 Å². The van der Waals surface area contributed by atoms with Crippen LogP contribution in [0.15, 0.2) is 0 Å². The summed E-state index contributed by atoms with van der Waals surface area (Å²) in [6, 6.07) is 0. The fraction of sp³-hybridized carbons (Fsp3) is 0.800. The minimum absolute atomic E-state index is 0.00523. The van der Waals surface area contributed by atoms with Gasteiger partial charge in [-0.3, -0.25) is 0 Å². The van der Waals surface area contributed by atoms with Gasteiger partial charge in [0.2, 0.25) is 0 Å². The Morgan fingerprint density at radius 2 is 2.38 bits per heavy atom. The van der Waals surface area contributed by atoms with Crippen LogP contribution in [-0.2, 0) is 4.74 Å². The van der Waals surface area contributed by atoms with Gasteiger partial charge in [-0.1, -0.05) is 0 Å². The van der Waals surface area contributed by atoms with E-state index in [1.54, 1.807) is 0 Å². The van der Waals surface area contributed by atoms with Gasteiger partial charge in [-0.05, 0) is 0 Å². The first-order valence-corrected chi connectivity index (χ1v) is 5.08. The number of carbonyl (C=O) groups is 1. The van der Waals surface area contributed by atoms with Gasteiger partial charge in [0.05, 0.1) is 0 Å². The standard InChI is InChI=1S/C5H10IO2/c1-3-4-6-5(7)8-2/h3-4H2,1-2H3/q-1. The van der Waals surface area contributed by atoms with Crippen molar-refractivity contribution in [1.82, 2.24) is 0 Å². The van der Waals surface area contributed by atoms with Gasteiger partial charge in [-0.25, -0.2) is 0 Å².